The Balaban J connectivity index is 1.97. The largest absolute Gasteiger partial charge is 0.352 e. The number of nitrogens with one attached hydrogen (secondary N) is 1. The van der Waals surface area contributed by atoms with E-state index in [0.29, 0.717) is 23.4 Å². The molecule has 3 rings (SSSR count). The lowest BCUT2D eigenvalue weighted by molar-refractivity contribution is 0.431. The van der Waals surface area contributed by atoms with E-state index in [2.05, 4.69) is 30.4 Å². The predicted molar refractivity (Wildman–Crippen MR) is 91.5 cm³/mol. The molecule has 3 heterocycles. The maximum absolute atomic E-state index is 5.40. The quantitative estimate of drug-likeness (QED) is 0.787. The van der Waals surface area contributed by atoms with Crippen molar-refractivity contribution in [2.24, 2.45) is 0 Å². The Morgan fingerprint density at radius 1 is 0.875 bits per heavy atom. The molecule has 0 spiro atoms. The summed E-state index contributed by atoms with van der Waals surface area (Å²) >= 11 is 0. The van der Waals surface area contributed by atoms with E-state index in [4.69, 9.17) is 4.52 Å². The van der Waals surface area contributed by atoms with Gasteiger partial charge >= 0.3 is 0 Å². The van der Waals surface area contributed by atoms with Gasteiger partial charge in [0.05, 0.1) is 0 Å². The third-order valence-electron chi connectivity index (χ3n) is 3.26. The van der Waals surface area contributed by atoms with Gasteiger partial charge in [-0.1, -0.05) is 5.16 Å². The van der Waals surface area contributed by atoms with Gasteiger partial charge in [-0.3, -0.25) is 4.98 Å². The zero-order valence-electron chi connectivity index (χ0n) is 14.5. The van der Waals surface area contributed by atoms with Crippen molar-refractivity contribution < 1.29 is 4.52 Å². The second kappa shape index (κ2) is 6.35. The third kappa shape index (κ3) is 3.56. The Morgan fingerprint density at radius 3 is 2.21 bits per heavy atom. The summed E-state index contributed by atoms with van der Waals surface area (Å²) in [7, 11) is 0. The van der Waals surface area contributed by atoms with Gasteiger partial charge in [0.2, 0.25) is 11.8 Å². The Labute approximate surface area is 140 Å². The van der Waals surface area contributed by atoms with Gasteiger partial charge in [0, 0.05) is 28.7 Å². The van der Waals surface area contributed by atoms with E-state index in [1.807, 2.05) is 52.8 Å². The number of aromatic nitrogens is 5. The van der Waals surface area contributed by atoms with Crippen molar-refractivity contribution in [3.8, 4) is 23.0 Å². The molecule has 24 heavy (non-hydrogen) atoms. The van der Waals surface area contributed by atoms with Crippen LogP contribution in [0.3, 0.4) is 0 Å². The topological polar surface area (TPSA) is 89.6 Å². The summed E-state index contributed by atoms with van der Waals surface area (Å²) in [6.07, 6.45) is 0. The average molecular weight is 324 g/mol. The maximum atomic E-state index is 5.40. The van der Waals surface area contributed by atoms with Crippen molar-refractivity contribution in [2.45, 2.75) is 40.7 Å². The van der Waals surface area contributed by atoms with Crippen LogP contribution < -0.4 is 5.32 Å². The molecule has 7 nitrogen and oxygen atoms in total. The highest BCUT2D eigenvalue weighted by molar-refractivity contribution is 5.59. The fraction of sp³-hybridized carbons (Fsp3) is 0.353. The van der Waals surface area contributed by atoms with Gasteiger partial charge in [0.1, 0.15) is 5.69 Å². The molecule has 124 valence electrons. The van der Waals surface area contributed by atoms with Crippen LogP contribution in [0.5, 0.6) is 0 Å². The van der Waals surface area contributed by atoms with Gasteiger partial charge in [-0.2, -0.15) is 4.98 Å². The Hall–Kier alpha value is -2.83. The smallest absolute Gasteiger partial charge is 0.277 e. The summed E-state index contributed by atoms with van der Waals surface area (Å²) in [5.74, 6) is 1.44. The molecule has 0 saturated carbocycles. The second-order valence-corrected chi connectivity index (χ2v) is 6.08. The maximum Gasteiger partial charge on any atom is 0.277 e. The monoisotopic (exact) mass is 324 g/mol. The minimum atomic E-state index is 0.237. The molecule has 0 radical (unpaired) electrons. The van der Waals surface area contributed by atoms with E-state index in [9.17, 15) is 0 Å². The lowest BCUT2D eigenvalue weighted by Crippen LogP contribution is -2.13. The van der Waals surface area contributed by atoms with E-state index in [1.54, 1.807) is 0 Å². The van der Waals surface area contributed by atoms with Gasteiger partial charge in [0.25, 0.3) is 5.89 Å². The van der Waals surface area contributed by atoms with Crippen LogP contribution in [-0.4, -0.2) is 31.1 Å². The minimum Gasteiger partial charge on any atom is -0.352 e. The van der Waals surface area contributed by atoms with Crippen molar-refractivity contribution >= 4 is 5.95 Å². The minimum absolute atomic E-state index is 0.237. The molecule has 0 atom stereocenters. The summed E-state index contributed by atoms with van der Waals surface area (Å²) in [6, 6.07) is 5.92. The molecule has 0 bridgehead atoms. The highest BCUT2D eigenvalue weighted by atomic mass is 16.5. The Bertz CT molecular complexity index is 851. The highest BCUT2D eigenvalue weighted by Crippen LogP contribution is 2.23. The van der Waals surface area contributed by atoms with E-state index in [1.165, 1.54) is 0 Å². The van der Waals surface area contributed by atoms with Gasteiger partial charge < -0.3 is 9.84 Å². The number of hydrogen-bond acceptors (Lipinski definition) is 7. The van der Waals surface area contributed by atoms with Crippen LogP contribution in [0.15, 0.2) is 22.7 Å². The van der Waals surface area contributed by atoms with Crippen LogP contribution >= 0.6 is 0 Å². The van der Waals surface area contributed by atoms with Crippen LogP contribution in [0.25, 0.3) is 23.0 Å². The van der Waals surface area contributed by atoms with E-state index in [-0.39, 0.29) is 6.04 Å². The van der Waals surface area contributed by atoms with Crippen LogP contribution in [0.4, 0.5) is 5.95 Å². The van der Waals surface area contributed by atoms with Crippen molar-refractivity contribution in [2.75, 3.05) is 5.32 Å². The number of pyridine rings is 1. The molecular weight excluding hydrogens is 304 g/mol. The van der Waals surface area contributed by atoms with Crippen molar-refractivity contribution in [1.82, 2.24) is 25.1 Å². The molecule has 0 aliphatic rings. The second-order valence-electron chi connectivity index (χ2n) is 6.08. The molecule has 0 aliphatic heterocycles. The van der Waals surface area contributed by atoms with Crippen molar-refractivity contribution in [3.63, 3.8) is 0 Å². The molecule has 7 heteroatoms. The van der Waals surface area contributed by atoms with Crippen LogP contribution in [0.2, 0.25) is 0 Å². The summed E-state index contributed by atoms with van der Waals surface area (Å²) in [5.41, 5.74) is 4.14. The number of hydrogen-bond donors (Lipinski definition) is 1. The van der Waals surface area contributed by atoms with Crippen LogP contribution in [0, 0.1) is 20.8 Å². The van der Waals surface area contributed by atoms with Gasteiger partial charge in [-0.05, 0) is 52.8 Å². The molecule has 0 aromatic carbocycles. The number of anilines is 1. The van der Waals surface area contributed by atoms with E-state index >= 15 is 0 Å². The van der Waals surface area contributed by atoms with E-state index in [0.717, 1.165) is 22.6 Å². The third-order valence-corrected chi connectivity index (χ3v) is 3.26. The fourth-order valence-electron chi connectivity index (χ4n) is 2.41. The zero-order valence-corrected chi connectivity index (χ0v) is 14.5. The van der Waals surface area contributed by atoms with Crippen LogP contribution in [0.1, 0.15) is 30.9 Å². The molecule has 0 saturated heterocycles. The molecule has 3 aromatic rings. The number of rotatable bonds is 4. The molecule has 0 aliphatic carbocycles. The first-order valence-corrected chi connectivity index (χ1v) is 7.82. The van der Waals surface area contributed by atoms with Gasteiger partial charge in [-0.15, -0.1) is 0 Å². The van der Waals surface area contributed by atoms with Gasteiger partial charge in [0.15, 0.2) is 0 Å². The molecule has 0 fully saturated rings. The predicted octanol–water partition coefficient (Wildman–Crippen LogP) is 3.33. The Kier molecular flexibility index (Phi) is 4.24. The Morgan fingerprint density at radius 2 is 1.54 bits per heavy atom. The first-order chi connectivity index (χ1) is 11.4. The molecule has 3 aromatic heterocycles. The first-order valence-electron chi connectivity index (χ1n) is 7.82. The number of nitrogens with zero attached hydrogens (tertiary/aromatic N) is 5. The van der Waals surface area contributed by atoms with Crippen molar-refractivity contribution in [1.29, 1.82) is 0 Å². The summed E-state index contributed by atoms with van der Waals surface area (Å²) < 4.78 is 5.40. The average Bonchev–Trinajstić information content (AvgIpc) is 2.94. The summed E-state index contributed by atoms with van der Waals surface area (Å²) in [4.78, 5) is 17.7. The summed E-state index contributed by atoms with van der Waals surface area (Å²) in [5, 5.41) is 7.26. The first kappa shape index (κ1) is 16.0. The van der Waals surface area contributed by atoms with Crippen LogP contribution in [-0.2, 0) is 0 Å². The summed E-state index contributed by atoms with van der Waals surface area (Å²) in [6.45, 7) is 9.85. The normalized spacial score (nSPS) is 11.1. The standard InChI is InChI=1S/C17H20N6O/c1-9(2)18-17-20-12(5)8-14(21-17)16-22-15(23-24-16)13-6-10(3)19-11(4)7-13/h6-9H,1-5H3,(H,18,20,21). The lowest BCUT2D eigenvalue weighted by Gasteiger charge is -2.09. The SMILES string of the molecule is Cc1cc(-c2noc(-c3cc(C)nc(NC(C)C)n3)n2)cc(C)n1. The number of aryl methyl sites for hydroxylation is 3. The molecular formula is C17H20N6O. The highest BCUT2D eigenvalue weighted by Gasteiger charge is 2.14. The zero-order chi connectivity index (χ0) is 17.3. The molecule has 1 N–H and O–H groups in total. The lowest BCUT2D eigenvalue weighted by atomic mass is 10.2. The molecule has 0 unspecified atom stereocenters. The van der Waals surface area contributed by atoms with E-state index < -0.39 is 0 Å². The fourth-order valence-corrected chi connectivity index (χ4v) is 2.41. The van der Waals surface area contributed by atoms with Crippen molar-refractivity contribution in [3.05, 3.63) is 35.3 Å². The molecule has 0 amide bonds. The van der Waals surface area contributed by atoms with Gasteiger partial charge in [-0.25, -0.2) is 9.97 Å².